The van der Waals surface area contributed by atoms with Gasteiger partial charge in [-0.25, -0.2) is 13.2 Å². The summed E-state index contributed by atoms with van der Waals surface area (Å²) in [5, 5.41) is 14.1. The summed E-state index contributed by atoms with van der Waals surface area (Å²) >= 11 is 0. The molecule has 4 rings (SSSR count). The lowest BCUT2D eigenvalue weighted by Gasteiger charge is -2.30. The van der Waals surface area contributed by atoms with E-state index < -0.39 is 28.3 Å². The SMILES string of the molecule is COc1ccc(S(=O)(=O)N(C[C@@H](O)[C@H](Cc2ccccc2)NC(=O)OC2CCOC2)OC2CCCC2)cc1. The lowest BCUT2D eigenvalue weighted by atomic mass is 10.0. The number of rotatable bonds is 12. The number of amides is 1. The minimum Gasteiger partial charge on any atom is -0.497 e. The van der Waals surface area contributed by atoms with Crippen molar-refractivity contribution in [2.75, 3.05) is 26.9 Å². The molecule has 10 nitrogen and oxygen atoms in total. The quantitative estimate of drug-likeness (QED) is 0.388. The van der Waals surface area contributed by atoms with Gasteiger partial charge < -0.3 is 24.6 Å². The maximum Gasteiger partial charge on any atom is 0.407 e. The van der Waals surface area contributed by atoms with Crippen LogP contribution < -0.4 is 10.1 Å². The second-order valence-corrected chi connectivity index (χ2v) is 11.4. The fourth-order valence-corrected chi connectivity index (χ4v) is 5.90. The normalized spacial score (nSPS) is 19.8. The summed E-state index contributed by atoms with van der Waals surface area (Å²) in [6.45, 7) is 0.461. The summed E-state index contributed by atoms with van der Waals surface area (Å²) in [5.74, 6) is 0.519. The number of nitrogens with one attached hydrogen (secondary N) is 1. The summed E-state index contributed by atoms with van der Waals surface area (Å²) in [7, 11) is -2.63. The van der Waals surface area contributed by atoms with Gasteiger partial charge in [0, 0.05) is 6.42 Å². The third-order valence-electron chi connectivity index (χ3n) is 6.76. The predicted molar refractivity (Wildman–Crippen MR) is 139 cm³/mol. The standard InChI is InChI=1S/C27H36N2O8S/c1-34-21-11-13-24(14-12-21)38(32,33)29(37-22-9-5-6-10-22)18-26(30)25(17-20-7-3-2-4-8-20)28-27(31)36-23-15-16-35-19-23/h2-4,7-8,11-14,22-23,25-26,30H,5-6,9-10,15-19H2,1H3,(H,28,31)/t23?,25-,26+/m0/s1. The van der Waals surface area contributed by atoms with Crippen molar-refractivity contribution < 1.29 is 37.4 Å². The maximum absolute atomic E-state index is 13.6. The van der Waals surface area contributed by atoms with E-state index in [-0.39, 0.29) is 30.1 Å². The highest BCUT2D eigenvalue weighted by Gasteiger charge is 2.35. The molecule has 0 radical (unpaired) electrons. The van der Waals surface area contributed by atoms with Crippen LogP contribution in [-0.2, 0) is 30.8 Å². The van der Waals surface area contributed by atoms with Gasteiger partial charge >= 0.3 is 6.09 Å². The molecular formula is C27H36N2O8S. The van der Waals surface area contributed by atoms with Crippen LogP contribution in [-0.4, -0.2) is 75.3 Å². The van der Waals surface area contributed by atoms with Crippen LogP contribution in [0.15, 0.2) is 59.5 Å². The molecular weight excluding hydrogens is 512 g/mol. The molecule has 0 aromatic heterocycles. The smallest absolute Gasteiger partial charge is 0.407 e. The zero-order valence-electron chi connectivity index (χ0n) is 21.5. The van der Waals surface area contributed by atoms with Crippen LogP contribution in [0.3, 0.4) is 0 Å². The van der Waals surface area contributed by atoms with E-state index in [2.05, 4.69) is 5.32 Å². The molecule has 2 aromatic rings. The molecule has 0 spiro atoms. The lowest BCUT2D eigenvalue weighted by molar-refractivity contribution is -0.145. The fourth-order valence-electron chi connectivity index (χ4n) is 4.60. The number of sulfonamides is 1. The average Bonchev–Trinajstić information content (AvgIpc) is 3.63. The van der Waals surface area contributed by atoms with Crippen LogP contribution >= 0.6 is 0 Å². The Labute approximate surface area is 223 Å². The number of aliphatic hydroxyl groups excluding tert-OH is 1. The molecule has 2 fully saturated rings. The molecule has 2 aromatic carbocycles. The van der Waals surface area contributed by atoms with Gasteiger partial charge in [-0.15, -0.1) is 0 Å². The van der Waals surface area contributed by atoms with E-state index >= 15 is 0 Å². The van der Waals surface area contributed by atoms with E-state index in [1.807, 2.05) is 30.3 Å². The Bertz CT molecular complexity index is 1120. The topological polar surface area (TPSA) is 124 Å². The van der Waals surface area contributed by atoms with Gasteiger partial charge in [0.2, 0.25) is 0 Å². The van der Waals surface area contributed by atoms with Crippen molar-refractivity contribution in [1.82, 2.24) is 9.79 Å². The first-order valence-electron chi connectivity index (χ1n) is 13.0. The Balaban J connectivity index is 1.54. The fraction of sp³-hybridized carbons (Fsp3) is 0.519. The highest BCUT2D eigenvalue weighted by Crippen LogP contribution is 2.27. The van der Waals surface area contributed by atoms with Gasteiger partial charge in [0.15, 0.2) is 0 Å². The molecule has 1 unspecified atom stereocenters. The summed E-state index contributed by atoms with van der Waals surface area (Å²) in [4.78, 5) is 18.6. The zero-order chi connectivity index (χ0) is 27.0. The number of benzene rings is 2. The molecule has 1 saturated heterocycles. The molecule has 0 bridgehead atoms. The van der Waals surface area contributed by atoms with Crippen molar-refractivity contribution in [3.8, 4) is 5.75 Å². The van der Waals surface area contributed by atoms with Crippen molar-refractivity contribution in [3.05, 3.63) is 60.2 Å². The number of alkyl carbamates (subject to hydrolysis) is 1. The maximum atomic E-state index is 13.6. The molecule has 3 atom stereocenters. The number of hydrogen-bond donors (Lipinski definition) is 2. The average molecular weight is 549 g/mol. The molecule has 1 saturated carbocycles. The van der Waals surface area contributed by atoms with E-state index in [4.69, 9.17) is 19.0 Å². The molecule has 1 amide bonds. The van der Waals surface area contributed by atoms with E-state index in [9.17, 15) is 18.3 Å². The Kier molecular flexibility index (Phi) is 9.97. The molecule has 2 aliphatic rings. The number of methoxy groups -OCH3 is 1. The van der Waals surface area contributed by atoms with Crippen molar-refractivity contribution in [3.63, 3.8) is 0 Å². The zero-order valence-corrected chi connectivity index (χ0v) is 22.3. The minimum absolute atomic E-state index is 0.0108. The molecule has 1 aliphatic carbocycles. The second-order valence-electron chi connectivity index (χ2n) is 9.58. The number of carbonyl (C=O) groups excluding carboxylic acids is 1. The number of hydrogen-bond acceptors (Lipinski definition) is 8. The molecule has 11 heteroatoms. The largest absolute Gasteiger partial charge is 0.497 e. The van der Waals surface area contributed by atoms with Gasteiger partial charge in [-0.1, -0.05) is 47.6 Å². The van der Waals surface area contributed by atoms with Crippen LogP contribution in [0, 0.1) is 0 Å². The lowest BCUT2D eigenvalue weighted by Crippen LogP contribution is -2.51. The Morgan fingerprint density at radius 3 is 2.42 bits per heavy atom. The summed E-state index contributed by atoms with van der Waals surface area (Å²) in [6.07, 6.45) is 1.58. The number of ether oxygens (including phenoxy) is 3. The first-order valence-corrected chi connectivity index (χ1v) is 14.4. The van der Waals surface area contributed by atoms with Crippen molar-refractivity contribution >= 4 is 16.1 Å². The summed E-state index contributed by atoms with van der Waals surface area (Å²) < 4.78 is 43.9. The number of nitrogens with zero attached hydrogens (tertiary/aromatic N) is 1. The second kappa shape index (κ2) is 13.4. The van der Waals surface area contributed by atoms with Gasteiger partial charge in [0.05, 0.1) is 50.0 Å². The van der Waals surface area contributed by atoms with E-state index in [0.29, 0.717) is 25.4 Å². The van der Waals surface area contributed by atoms with Crippen molar-refractivity contribution in [2.45, 2.75) is 67.8 Å². The third kappa shape index (κ3) is 7.67. The first kappa shape index (κ1) is 28.3. The molecule has 2 N–H and O–H groups in total. The number of aliphatic hydroxyl groups is 1. The predicted octanol–water partition coefficient (Wildman–Crippen LogP) is 3.05. The minimum atomic E-state index is -4.13. The highest BCUT2D eigenvalue weighted by atomic mass is 32.2. The van der Waals surface area contributed by atoms with Crippen LogP contribution in [0.25, 0.3) is 0 Å². The van der Waals surface area contributed by atoms with Gasteiger partial charge in [0.25, 0.3) is 10.0 Å². The van der Waals surface area contributed by atoms with Crippen LogP contribution in [0.2, 0.25) is 0 Å². The Hall–Kier alpha value is -2.70. The monoisotopic (exact) mass is 548 g/mol. The van der Waals surface area contributed by atoms with E-state index in [1.54, 1.807) is 12.1 Å². The highest BCUT2D eigenvalue weighted by molar-refractivity contribution is 7.89. The van der Waals surface area contributed by atoms with Gasteiger partial charge in [-0.05, 0) is 49.1 Å². The van der Waals surface area contributed by atoms with Crippen molar-refractivity contribution in [2.24, 2.45) is 0 Å². The molecule has 208 valence electrons. The van der Waals surface area contributed by atoms with Gasteiger partial charge in [-0.2, -0.15) is 0 Å². The molecule has 1 heterocycles. The summed E-state index contributed by atoms with van der Waals surface area (Å²) in [5.41, 5.74) is 0.863. The van der Waals surface area contributed by atoms with Crippen LogP contribution in [0.1, 0.15) is 37.7 Å². The number of carbonyl (C=O) groups is 1. The van der Waals surface area contributed by atoms with E-state index in [0.717, 1.165) is 35.7 Å². The van der Waals surface area contributed by atoms with Crippen LogP contribution in [0.5, 0.6) is 5.75 Å². The Morgan fingerprint density at radius 1 is 1.08 bits per heavy atom. The molecule has 1 aliphatic heterocycles. The number of hydroxylamine groups is 1. The van der Waals surface area contributed by atoms with E-state index in [1.165, 1.54) is 19.2 Å². The van der Waals surface area contributed by atoms with Crippen molar-refractivity contribution in [1.29, 1.82) is 0 Å². The summed E-state index contributed by atoms with van der Waals surface area (Å²) in [6, 6.07) is 14.5. The van der Waals surface area contributed by atoms with Gasteiger partial charge in [-0.3, -0.25) is 4.84 Å². The van der Waals surface area contributed by atoms with Gasteiger partial charge in [0.1, 0.15) is 11.9 Å². The Morgan fingerprint density at radius 2 is 1.79 bits per heavy atom. The third-order valence-corrected chi connectivity index (χ3v) is 8.40. The van der Waals surface area contributed by atoms with Crippen LogP contribution in [0.4, 0.5) is 4.79 Å². The first-order chi connectivity index (χ1) is 18.3. The molecule has 38 heavy (non-hydrogen) atoms.